The van der Waals surface area contributed by atoms with Gasteiger partial charge in [-0.1, -0.05) is 71.0 Å². The van der Waals surface area contributed by atoms with E-state index in [1.807, 2.05) is 60.7 Å². The van der Waals surface area contributed by atoms with E-state index < -0.39 is 18.1 Å². The molecule has 0 aliphatic heterocycles. The molecule has 4 aromatic rings. The molecule has 2 unspecified atom stereocenters. The Bertz CT molecular complexity index is 1240. The maximum absolute atomic E-state index is 12.5. The molecule has 0 saturated heterocycles. The first kappa shape index (κ1) is 31.9. The Kier molecular flexibility index (Phi) is 13.8. The monoisotopic (exact) mass is 568 g/mol. The number of benzene rings is 2. The molecular formula is C29H33ClN4O6. The number of hydrogen-bond acceptors (Lipinski definition) is 10. The first-order valence-corrected chi connectivity index (χ1v) is 12.6. The van der Waals surface area contributed by atoms with Gasteiger partial charge in [0, 0.05) is 35.1 Å². The van der Waals surface area contributed by atoms with Crippen molar-refractivity contribution in [2.75, 3.05) is 13.2 Å². The highest BCUT2D eigenvalue weighted by atomic mass is 35.5. The molecule has 212 valence electrons. The van der Waals surface area contributed by atoms with Crippen LogP contribution >= 0.6 is 12.4 Å². The predicted octanol–water partition coefficient (Wildman–Crippen LogP) is 4.22. The van der Waals surface area contributed by atoms with Gasteiger partial charge in [-0.25, -0.2) is 4.79 Å². The van der Waals surface area contributed by atoms with Gasteiger partial charge >= 0.3 is 11.9 Å². The zero-order valence-electron chi connectivity index (χ0n) is 22.3. The van der Waals surface area contributed by atoms with E-state index in [0.29, 0.717) is 26.1 Å². The van der Waals surface area contributed by atoms with Crippen molar-refractivity contribution in [3.8, 4) is 0 Å². The van der Waals surface area contributed by atoms with Crippen LogP contribution in [0, 0.1) is 0 Å². The molecule has 0 spiro atoms. The maximum atomic E-state index is 12.5. The Balaban J connectivity index is 0.000000339. The molecule has 2 aromatic heterocycles. The zero-order valence-corrected chi connectivity index (χ0v) is 23.2. The lowest BCUT2D eigenvalue weighted by Gasteiger charge is -2.14. The second-order valence-electron chi connectivity index (χ2n) is 8.31. The maximum Gasteiger partial charge on any atom is 0.331 e. The topological polar surface area (TPSA) is 143 Å². The summed E-state index contributed by atoms with van der Waals surface area (Å²) in [6.07, 6.45) is 6.85. The van der Waals surface area contributed by atoms with Crippen LogP contribution in [0.2, 0.25) is 0 Å². The van der Waals surface area contributed by atoms with E-state index >= 15 is 0 Å². The van der Waals surface area contributed by atoms with E-state index in [0.717, 1.165) is 28.0 Å². The molecule has 0 saturated carbocycles. The van der Waals surface area contributed by atoms with Crippen LogP contribution in [0.25, 0.3) is 0 Å². The first-order chi connectivity index (χ1) is 19.0. The van der Waals surface area contributed by atoms with E-state index in [1.54, 1.807) is 20.0 Å². The van der Waals surface area contributed by atoms with Gasteiger partial charge in [0.05, 0.1) is 31.3 Å². The van der Waals surface area contributed by atoms with Crippen LogP contribution in [0.5, 0.6) is 0 Å². The second-order valence-corrected chi connectivity index (χ2v) is 8.31. The van der Waals surface area contributed by atoms with E-state index in [-0.39, 0.29) is 18.4 Å². The summed E-state index contributed by atoms with van der Waals surface area (Å²) in [5.74, 6) is -0.762. The Morgan fingerprint density at radius 2 is 1.27 bits per heavy atom. The average Bonchev–Trinajstić information content (AvgIpc) is 3.67. The molecular weight excluding hydrogens is 536 g/mol. The minimum Gasteiger partial charge on any atom is -0.465 e. The third-order valence-corrected chi connectivity index (χ3v) is 5.38. The van der Waals surface area contributed by atoms with Gasteiger partial charge in [0.2, 0.25) is 0 Å². The molecule has 2 N–H and O–H groups in total. The predicted molar refractivity (Wildman–Crippen MR) is 151 cm³/mol. The quantitative estimate of drug-likeness (QED) is 0.208. The largest absolute Gasteiger partial charge is 0.465 e. The van der Waals surface area contributed by atoms with Crippen molar-refractivity contribution < 1.29 is 28.1 Å². The fourth-order valence-corrected chi connectivity index (χ4v) is 3.55. The second kappa shape index (κ2) is 17.3. The molecule has 10 nitrogen and oxygen atoms in total. The highest BCUT2D eigenvalue weighted by molar-refractivity contribution is 6.13. The van der Waals surface area contributed by atoms with Crippen molar-refractivity contribution in [1.29, 1.82) is 0 Å². The van der Waals surface area contributed by atoms with Crippen LogP contribution in [0.3, 0.4) is 0 Å². The number of rotatable bonds is 11. The Labute approximate surface area is 238 Å². The number of hydrogen-bond donors (Lipinski definition) is 1. The van der Waals surface area contributed by atoms with Crippen LogP contribution in [-0.4, -0.2) is 53.3 Å². The Morgan fingerprint density at radius 3 is 1.73 bits per heavy atom. The first-order valence-electron chi connectivity index (χ1n) is 12.6. The number of aliphatic imine (C=N–C) groups is 1. The van der Waals surface area contributed by atoms with Crippen molar-refractivity contribution in [3.05, 3.63) is 108 Å². The summed E-state index contributed by atoms with van der Waals surface area (Å²) in [6.45, 7) is 4.17. The summed E-state index contributed by atoms with van der Waals surface area (Å²) in [5, 5.41) is 7.20. The fraction of sp³-hybridized carbons (Fsp3) is 0.276. The van der Waals surface area contributed by atoms with Crippen LogP contribution in [0.1, 0.15) is 36.1 Å². The summed E-state index contributed by atoms with van der Waals surface area (Å²) in [4.78, 5) is 28.3. The van der Waals surface area contributed by atoms with Gasteiger partial charge < -0.3 is 24.3 Å². The van der Waals surface area contributed by atoms with Gasteiger partial charge in [-0.2, -0.15) is 0 Å². The highest BCUT2D eigenvalue weighted by Gasteiger charge is 2.22. The summed E-state index contributed by atoms with van der Waals surface area (Å²) < 4.78 is 19.4. The van der Waals surface area contributed by atoms with Crippen LogP contribution in [0.15, 0.2) is 99.6 Å². The number of esters is 2. The van der Waals surface area contributed by atoms with Crippen LogP contribution in [-0.2, 0) is 31.9 Å². The Hall–Kier alpha value is -4.28. The molecule has 2 aromatic carbocycles. The minimum absolute atomic E-state index is 0. The van der Waals surface area contributed by atoms with E-state index in [1.165, 1.54) is 18.7 Å². The molecule has 0 aliphatic rings. The van der Waals surface area contributed by atoms with Gasteiger partial charge in [-0.05, 0) is 13.8 Å². The molecule has 0 fully saturated rings. The molecule has 4 rings (SSSR count). The summed E-state index contributed by atoms with van der Waals surface area (Å²) in [5.41, 5.74) is 9.78. The number of halogens is 1. The molecule has 0 bridgehead atoms. The molecule has 2 heterocycles. The summed E-state index contributed by atoms with van der Waals surface area (Å²) in [6, 6.07) is 18.3. The number of nitrogens with zero attached hydrogens (tertiary/aromatic N) is 3. The number of nitrogens with two attached hydrogens (primary N) is 1. The molecule has 0 aliphatic carbocycles. The van der Waals surface area contributed by atoms with Crippen molar-refractivity contribution in [1.82, 2.24) is 10.3 Å². The average molecular weight is 569 g/mol. The van der Waals surface area contributed by atoms with Gasteiger partial charge in [-0.15, -0.1) is 12.4 Å². The third-order valence-electron chi connectivity index (χ3n) is 5.38. The zero-order chi connectivity index (χ0) is 27.9. The minimum atomic E-state index is -0.676. The smallest absolute Gasteiger partial charge is 0.331 e. The number of ether oxygens (including phenoxy) is 2. The lowest BCUT2D eigenvalue weighted by atomic mass is 10.0. The van der Waals surface area contributed by atoms with Crippen molar-refractivity contribution in [2.24, 2.45) is 10.7 Å². The van der Waals surface area contributed by atoms with Crippen LogP contribution in [0.4, 0.5) is 0 Å². The normalized spacial score (nSPS) is 11.6. The summed E-state index contributed by atoms with van der Waals surface area (Å²) in [7, 11) is 0. The lowest BCUT2D eigenvalue weighted by molar-refractivity contribution is -0.145. The molecule has 2 atom stereocenters. The molecule has 0 radical (unpaired) electrons. The molecule has 40 heavy (non-hydrogen) atoms. The van der Waals surface area contributed by atoms with Gasteiger partial charge in [0.1, 0.15) is 18.6 Å². The van der Waals surface area contributed by atoms with Crippen molar-refractivity contribution >= 4 is 30.1 Å². The third kappa shape index (κ3) is 10.1. The molecule has 11 heteroatoms. The summed E-state index contributed by atoms with van der Waals surface area (Å²) >= 11 is 0. The molecule has 0 amide bonds. The standard InChI is InChI=1S/C21H20N2O3.C8H12N2O3.ClH/c1-2-25-21(24)19(13-16-14-22-26-15-16)23-20(17-9-5-3-6-10-17)18-11-7-4-8-12-18;1-2-12-8(11)7(9)3-6-4-10-13-5-6;/h3-12,14-15,19H,2,13H2,1H3;4-5,7H,2-3,9H2,1H3;1H. The fourth-order valence-electron chi connectivity index (χ4n) is 3.55. The van der Waals surface area contributed by atoms with E-state index in [4.69, 9.17) is 24.7 Å². The highest BCUT2D eigenvalue weighted by Crippen LogP contribution is 2.15. The van der Waals surface area contributed by atoms with E-state index in [2.05, 4.69) is 14.8 Å². The number of carbonyl (C=O) groups is 2. The Morgan fingerprint density at radius 1 is 0.800 bits per heavy atom. The van der Waals surface area contributed by atoms with Gasteiger partial charge in [-0.3, -0.25) is 9.79 Å². The number of aromatic nitrogens is 2. The van der Waals surface area contributed by atoms with E-state index in [9.17, 15) is 9.59 Å². The van der Waals surface area contributed by atoms with Crippen LogP contribution < -0.4 is 5.73 Å². The number of carbonyl (C=O) groups excluding carboxylic acids is 2. The lowest BCUT2D eigenvalue weighted by Crippen LogP contribution is -2.34. The van der Waals surface area contributed by atoms with Crippen molar-refractivity contribution in [2.45, 2.75) is 38.8 Å². The van der Waals surface area contributed by atoms with Gasteiger partial charge in [0.15, 0.2) is 6.04 Å². The SMILES string of the molecule is CCOC(=O)C(Cc1cnoc1)N=C(c1ccccc1)c1ccccc1.CCOC(=O)C(N)Cc1cnoc1.Cl. The van der Waals surface area contributed by atoms with Gasteiger partial charge in [0.25, 0.3) is 0 Å². The van der Waals surface area contributed by atoms with Crippen molar-refractivity contribution in [3.63, 3.8) is 0 Å².